The van der Waals surface area contributed by atoms with Crippen LogP contribution < -0.4 is 5.32 Å². The molecule has 0 radical (unpaired) electrons. The summed E-state index contributed by atoms with van der Waals surface area (Å²) in [6, 6.07) is 25.7. The fourth-order valence-corrected chi connectivity index (χ4v) is 2.67. The molecular formula is C23H21NO. The molecule has 0 bridgehead atoms. The standard InChI is InChI=1S/C23H21NO/c1-17-13-14-18(2)22(15-17)24-23(25)21(20-11-7-4-8-12-20)16-19-9-5-3-6-10-19/h3-16H,1-2H3,(H,24,25). The molecule has 25 heavy (non-hydrogen) atoms. The molecule has 0 aromatic heterocycles. The minimum Gasteiger partial charge on any atom is -0.322 e. The van der Waals surface area contributed by atoms with E-state index in [1.54, 1.807) is 0 Å². The zero-order valence-corrected chi connectivity index (χ0v) is 14.5. The number of anilines is 1. The van der Waals surface area contributed by atoms with Gasteiger partial charge in [0.2, 0.25) is 0 Å². The number of rotatable bonds is 4. The number of hydrogen-bond donors (Lipinski definition) is 1. The van der Waals surface area contributed by atoms with Crippen LogP contribution in [0.1, 0.15) is 22.3 Å². The van der Waals surface area contributed by atoms with Crippen molar-refractivity contribution in [2.24, 2.45) is 0 Å². The number of hydrogen-bond acceptors (Lipinski definition) is 1. The van der Waals surface area contributed by atoms with Crippen molar-refractivity contribution in [1.82, 2.24) is 0 Å². The molecule has 0 saturated carbocycles. The van der Waals surface area contributed by atoms with Crippen molar-refractivity contribution >= 4 is 23.2 Å². The molecule has 0 spiro atoms. The van der Waals surface area contributed by atoms with Gasteiger partial charge in [0.25, 0.3) is 5.91 Å². The van der Waals surface area contributed by atoms with Gasteiger partial charge in [0.15, 0.2) is 0 Å². The molecule has 3 rings (SSSR count). The molecule has 0 aliphatic heterocycles. The number of carbonyl (C=O) groups is 1. The maximum absolute atomic E-state index is 13.0. The normalized spacial score (nSPS) is 11.2. The van der Waals surface area contributed by atoms with Crippen molar-refractivity contribution in [1.29, 1.82) is 0 Å². The van der Waals surface area contributed by atoms with Gasteiger partial charge in [-0.2, -0.15) is 0 Å². The van der Waals surface area contributed by atoms with Crippen LogP contribution >= 0.6 is 0 Å². The second-order valence-corrected chi connectivity index (χ2v) is 6.11. The van der Waals surface area contributed by atoms with Gasteiger partial charge in [-0.3, -0.25) is 4.79 Å². The highest BCUT2D eigenvalue weighted by Gasteiger charge is 2.13. The van der Waals surface area contributed by atoms with Gasteiger partial charge in [-0.15, -0.1) is 0 Å². The van der Waals surface area contributed by atoms with Gasteiger partial charge in [-0.1, -0.05) is 72.8 Å². The third kappa shape index (κ3) is 4.24. The Bertz CT molecular complexity index is 896. The quantitative estimate of drug-likeness (QED) is 0.499. The molecule has 0 saturated heterocycles. The largest absolute Gasteiger partial charge is 0.322 e. The Morgan fingerprint density at radius 2 is 1.48 bits per heavy atom. The highest BCUT2D eigenvalue weighted by molar-refractivity contribution is 6.29. The highest BCUT2D eigenvalue weighted by Crippen LogP contribution is 2.22. The molecule has 124 valence electrons. The van der Waals surface area contributed by atoms with Crippen LogP contribution in [0.15, 0.2) is 78.9 Å². The summed E-state index contributed by atoms with van der Waals surface area (Å²) in [5.41, 5.74) is 5.56. The number of carbonyl (C=O) groups excluding carboxylic acids is 1. The Kier molecular flexibility index (Phi) is 5.10. The van der Waals surface area contributed by atoms with Gasteiger partial charge >= 0.3 is 0 Å². The molecule has 1 amide bonds. The first-order valence-corrected chi connectivity index (χ1v) is 8.34. The van der Waals surface area contributed by atoms with Crippen LogP contribution in [0.3, 0.4) is 0 Å². The second kappa shape index (κ2) is 7.63. The average molecular weight is 327 g/mol. The number of aryl methyl sites for hydroxylation is 2. The van der Waals surface area contributed by atoms with E-state index in [9.17, 15) is 4.79 Å². The van der Waals surface area contributed by atoms with E-state index in [2.05, 4.69) is 5.32 Å². The maximum atomic E-state index is 13.0. The molecule has 0 heterocycles. The van der Waals surface area contributed by atoms with E-state index in [0.29, 0.717) is 5.57 Å². The molecule has 0 unspecified atom stereocenters. The van der Waals surface area contributed by atoms with Crippen molar-refractivity contribution in [2.75, 3.05) is 5.32 Å². The topological polar surface area (TPSA) is 29.1 Å². The minimum absolute atomic E-state index is 0.108. The lowest BCUT2D eigenvalue weighted by Gasteiger charge is -2.12. The highest BCUT2D eigenvalue weighted by atomic mass is 16.1. The molecule has 2 nitrogen and oxygen atoms in total. The maximum Gasteiger partial charge on any atom is 0.256 e. The lowest BCUT2D eigenvalue weighted by Crippen LogP contribution is -2.14. The summed E-state index contributed by atoms with van der Waals surface area (Å²) in [7, 11) is 0. The lowest BCUT2D eigenvalue weighted by molar-refractivity contribution is -0.111. The van der Waals surface area contributed by atoms with Gasteiger partial charge in [0.05, 0.1) is 0 Å². The number of nitrogens with one attached hydrogen (secondary N) is 1. The molecule has 2 heteroatoms. The van der Waals surface area contributed by atoms with Gasteiger partial charge in [-0.05, 0) is 48.2 Å². The Morgan fingerprint density at radius 3 is 2.16 bits per heavy atom. The summed E-state index contributed by atoms with van der Waals surface area (Å²) in [5, 5.41) is 3.06. The molecule has 3 aromatic rings. The summed E-state index contributed by atoms with van der Waals surface area (Å²) in [6.45, 7) is 4.02. The van der Waals surface area contributed by atoms with E-state index < -0.39 is 0 Å². The summed E-state index contributed by atoms with van der Waals surface area (Å²) in [4.78, 5) is 13.0. The minimum atomic E-state index is -0.108. The van der Waals surface area contributed by atoms with Gasteiger partial charge < -0.3 is 5.32 Å². The predicted octanol–water partition coefficient (Wildman–Crippen LogP) is 5.48. The van der Waals surface area contributed by atoms with E-state index >= 15 is 0 Å². The first-order chi connectivity index (χ1) is 12.1. The predicted molar refractivity (Wildman–Crippen MR) is 105 cm³/mol. The van der Waals surface area contributed by atoms with Crippen LogP contribution in [-0.2, 0) is 4.79 Å². The van der Waals surface area contributed by atoms with E-state index in [4.69, 9.17) is 0 Å². The van der Waals surface area contributed by atoms with E-state index in [0.717, 1.165) is 27.9 Å². The zero-order chi connectivity index (χ0) is 17.6. The second-order valence-electron chi connectivity index (χ2n) is 6.11. The van der Waals surface area contributed by atoms with Crippen LogP contribution in [0.4, 0.5) is 5.69 Å². The monoisotopic (exact) mass is 327 g/mol. The number of benzene rings is 3. The van der Waals surface area contributed by atoms with Gasteiger partial charge in [0.1, 0.15) is 0 Å². The molecule has 0 fully saturated rings. The third-order valence-corrected chi connectivity index (χ3v) is 4.08. The van der Waals surface area contributed by atoms with Gasteiger partial charge in [0, 0.05) is 11.3 Å². The van der Waals surface area contributed by atoms with Crippen molar-refractivity contribution in [3.05, 3.63) is 101 Å². The van der Waals surface area contributed by atoms with Crippen LogP contribution in [0, 0.1) is 13.8 Å². The van der Waals surface area contributed by atoms with Crippen LogP contribution in [0.2, 0.25) is 0 Å². The molecule has 0 aliphatic rings. The first-order valence-electron chi connectivity index (χ1n) is 8.34. The summed E-state index contributed by atoms with van der Waals surface area (Å²) < 4.78 is 0. The molecule has 0 atom stereocenters. The fraction of sp³-hybridized carbons (Fsp3) is 0.0870. The summed E-state index contributed by atoms with van der Waals surface area (Å²) >= 11 is 0. The summed E-state index contributed by atoms with van der Waals surface area (Å²) in [5.74, 6) is -0.108. The average Bonchev–Trinajstić information content (AvgIpc) is 2.64. The lowest BCUT2D eigenvalue weighted by atomic mass is 10.0. The van der Waals surface area contributed by atoms with Crippen molar-refractivity contribution in [2.45, 2.75) is 13.8 Å². The third-order valence-electron chi connectivity index (χ3n) is 4.08. The van der Waals surface area contributed by atoms with E-state index in [1.165, 1.54) is 0 Å². The fourth-order valence-electron chi connectivity index (χ4n) is 2.67. The Labute approximate surface area is 148 Å². The number of amides is 1. The van der Waals surface area contributed by atoms with E-state index in [-0.39, 0.29) is 5.91 Å². The Balaban J connectivity index is 1.98. The van der Waals surface area contributed by atoms with Crippen molar-refractivity contribution in [3.8, 4) is 0 Å². The molecule has 1 N–H and O–H groups in total. The van der Waals surface area contributed by atoms with E-state index in [1.807, 2.05) is 98.8 Å². The van der Waals surface area contributed by atoms with Crippen LogP contribution in [0.5, 0.6) is 0 Å². The Hall–Kier alpha value is -3.13. The van der Waals surface area contributed by atoms with Crippen LogP contribution in [-0.4, -0.2) is 5.91 Å². The Morgan fingerprint density at radius 1 is 0.840 bits per heavy atom. The molecular weight excluding hydrogens is 306 g/mol. The van der Waals surface area contributed by atoms with Gasteiger partial charge in [-0.25, -0.2) is 0 Å². The summed E-state index contributed by atoms with van der Waals surface area (Å²) in [6.07, 6.45) is 1.93. The smallest absolute Gasteiger partial charge is 0.256 e. The SMILES string of the molecule is Cc1ccc(C)c(NC(=O)C(=Cc2ccccc2)c2ccccc2)c1. The van der Waals surface area contributed by atoms with Crippen molar-refractivity contribution < 1.29 is 4.79 Å². The van der Waals surface area contributed by atoms with Crippen molar-refractivity contribution in [3.63, 3.8) is 0 Å². The van der Waals surface area contributed by atoms with Crippen LogP contribution in [0.25, 0.3) is 11.6 Å². The molecule has 3 aromatic carbocycles. The molecule has 0 aliphatic carbocycles. The zero-order valence-electron chi connectivity index (χ0n) is 14.5. The first kappa shape index (κ1) is 16.7.